The highest BCUT2D eigenvalue weighted by molar-refractivity contribution is 6.05. The molecule has 0 spiro atoms. The van der Waals surface area contributed by atoms with Gasteiger partial charge in [-0.25, -0.2) is 4.68 Å². The Kier molecular flexibility index (Phi) is 5.05. The third kappa shape index (κ3) is 3.79. The summed E-state index contributed by atoms with van der Waals surface area (Å²) in [7, 11) is 0. The minimum absolute atomic E-state index is 0.139. The van der Waals surface area contributed by atoms with Crippen LogP contribution in [-0.4, -0.2) is 37.6 Å². The number of carbonyl (C=O) groups is 3. The number of benzene rings is 2. The molecule has 1 aliphatic heterocycles. The number of nitrogens with zero attached hydrogens (tertiary/aromatic N) is 4. The van der Waals surface area contributed by atoms with Crippen LogP contribution in [0.2, 0.25) is 0 Å². The van der Waals surface area contributed by atoms with Crippen LogP contribution < -0.4 is 5.32 Å². The summed E-state index contributed by atoms with van der Waals surface area (Å²) in [5.41, 5.74) is 4.38. The van der Waals surface area contributed by atoms with Gasteiger partial charge in [-0.3, -0.25) is 19.3 Å². The molecule has 8 heteroatoms. The zero-order valence-electron chi connectivity index (χ0n) is 17.7. The molecule has 1 aliphatic carbocycles. The number of nitrogens with one attached hydrogen (secondary N) is 1. The van der Waals surface area contributed by atoms with E-state index in [1.807, 2.05) is 37.3 Å². The Bertz CT molecular complexity index is 1190. The number of imide groups is 1. The fourth-order valence-corrected chi connectivity index (χ4v) is 3.98. The fraction of sp³-hybridized carbons (Fsp3) is 0.292. The molecule has 1 N–H and O–H groups in total. The van der Waals surface area contributed by atoms with E-state index >= 15 is 0 Å². The van der Waals surface area contributed by atoms with Crippen molar-refractivity contribution in [2.24, 2.45) is 0 Å². The SMILES string of the molecule is Cc1ccc(-n2nnc(C(=O)Nc3ccccc3CN3C(=O)CCC3=O)c2C2CC2)cc1. The van der Waals surface area contributed by atoms with E-state index in [4.69, 9.17) is 0 Å². The Morgan fingerprint density at radius 2 is 1.72 bits per heavy atom. The molecule has 3 amide bonds. The normalized spacial score (nSPS) is 16.0. The van der Waals surface area contributed by atoms with Gasteiger partial charge in [0.2, 0.25) is 11.8 Å². The van der Waals surface area contributed by atoms with Gasteiger partial charge in [0.25, 0.3) is 5.91 Å². The van der Waals surface area contributed by atoms with Crippen molar-refractivity contribution >= 4 is 23.4 Å². The van der Waals surface area contributed by atoms with Gasteiger partial charge in [-0.2, -0.15) is 0 Å². The summed E-state index contributed by atoms with van der Waals surface area (Å²) in [5.74, 6) is -0.472. The highest BCUT2D eigenvalue weighted by Crippen LogP contribution is 2.42. The molecule has 5 rings (SSSR count). The molecule has 32 heavy (non-hydrogen) atoms. The molecule has 2 aliphatic rings. The molecule has 0 unspecified atom stereocenters. The second-order valence-electron chi connectivity index (χ2n) is 8.33. The van der Waals surface area contributed by atoms with Crippen LogP contribution in [0.15, 0.2) is 48.5 Å². The van der Waals surface area contributed by atoms with Crippen molar-refractivity contribution in [3.05, 3.63) is 71.0 Å². The summed E-state index contributed by atoms with van der Waals surface area (Å²) in [5, 5.41) is 11.4. The molecular formula is C24H23N5O3. The summed E-state index contributed by atoms with van der Waals surface area (Å²) in [6, 6.07) is 15.1. The smallest absolute Gasteiger partial charge is 0.278 e. The number of aromatic nitrogens is 3. The largest absolute Gasteiger partial charge is 0.320 e. The predicted molar refractivity (Wildman–Crippen MR) is 117 cm³/mol. The Morgan fingerprint density at radius 3 is 2.41 bits per heavy atom. The number of hydrogen-bond acceptors (Lipinski definition) is 5. The van der Waals surface area contributed by atoms with Crippen LogP contribution in [0.1, 0.15) is 58.9 Å². The summed E-state index contributed by atoms with van der Waals surface area (Å²) in [6.45, 7) is 2.16. The Labute approximate surface area is 185 Å². The number of anilines is 1. The molecule has 1 saturated carbocycles. The predicted octanol–water partition coefficient (Wildman–Crippen LogP) is 3.35. The van der Waals surface area contributed by atoms with Gasteiger partial charge in [0.1, 0.15) is 0 Å². The quantitative estimate of drug-likeness (QED) is 0.606. The van der Waals surface area contributed by atoms with Gasteiger partial charge in [0, 0.05) is 24.4 Å². The first-order valence-corrected chi connectivity index (χ1v) is 10.8. The van der Waals surface area contributed by atoms with Crippen LogP contribution in [-0.2, 0) is 16.1 Å². The lowest BCUT2D eigenvalue weighted by Gasteiger charge is -2.17. The maximum absolute atomic E-state index is 13.2. The van der Waals surface area contributed by atoms with Crippen molar-refractivity contribution in [1.82, 2.24) is 19.9 Å². The first kappa shape index (κ1) is 20.1. The zero-order valence-corrected chi connectivity index (χ0v) is 17.7. The van der Waals surface area contributed by atoms with Crippen LogP contribution in [0.25, 0.3) is 5.69 Å². The van der Waals surface area contributed by atoms with E-state index in [1.54, 1.807) is 22.9 Å². The van der Waals surface area contributed by atoms with Gasteiger partial charge in [-0.05, 0) is 43.5 Å². The molecule has 2 fully saturated rings. The molecule has 2 aromatic carbocycles. The van der Waals surface area contributed by atoms with Gasteiger partial charge in [0.05, 0.1) is 17.9 Å². The van der Waals surface area contributed by atoms with Gasteiger partial charge < -0.3 is 5.32 Å². The third-order valence-corrected chi connectivity index (χ3v) is 5.91. The van der Waals surface area contributed by atoms with Crippen LogP contribution in [0.4, 0.5) is 5.69 Å². The fourth-order valence-electron chi connectivity index (χ4n) is 3.98. The van der Waals surface area contributed by atoms with Crippen molar-refractivity contribution in [3.63, 3.8) is 0 Å². The maximum Gasteiger partial charge on any atom is 0.278 e. The average Bonchev–Trinajstić information content (AvgIpc) is 3.46. The van der Waals surface area contributed by atoms with Gasteiger partial charge in [0.15, 0.2) is 5.69 Å². The second-order valence-corrected chi connectivity index (χ2v) is 8.33. The molecule has 3 aromatic rings. The van der Waals surface area contributed by atoms with Crippen molar-refractivity contribution in [1.29, 1.82) is 0 Å². The van der Waals surface area contributed by atoms with Crippen molar-refractivity contribution in [3.8, 4) is 5.69 Å². The summed E-state index contributed by atoms with van der Waals surface area (Å²) in [6.07, 6.45) is 2.46. The van der Waals surface area contributed by atoms with Crippen molar-refractivity contribution < 1.29 is 14.4 Å². The molecular weight excluding hydrogens is 406 g/mol. The van der Waals surface area contributed by atoms with Crippen molar-refractivity contribution in [2.45, 2.75) is 45.1 Å². The highest BCUT2D eigenvalue weighted by Gasteiger charge is 2.35. The zero-order chi connectivity index (χ0) is 22.2. The van der Waals surface area contributed by atoms with E-state index in [0.717, 1.165) is 29.8 Å². The number of carbonyl (C=O) groups excluding carboxylic acids is 3. The number of likely N-dealkylation sites (tertiary alicyclic amines) is 1. The molecule has 0 bridgehead atoms. The summed E-state index contributed by atoms with van der Waals surface area (Å²) < 4.78 is 1.75. The summed E-state index contributed by atoms with van der Waals surface area (Å²) >= 11 is 0. The molecule has 8 nitrogen and oxygen atoms in total. The average molecular weight is 429 g/mol. The Balaban J connectivity index is 1.42. The number of aryl methyl sites for hydroxylation is 1. The van der Waals surface area contributed by atoms with Crippen molar-refractivity contribution in [2.75, 3.05) is 5.32 Å². The van der Waals surface area contributed by atoms with Crippen LogP contribution in [0.5, 0.6) is 0 Å². The van der Waals surface area contributed by atoms with E-state index in [1.165, 1.54) is 4.90 Å². The highest BCUT2D eigenvalue weighted by atomic mass is 16.2. The van der Waals surface area contributed by atoms with E-state index in [-0.39, 0.29) is 43.0 Å². The van der Waals surface area contributed by atoms with E-state index in [0.29, 0.717) is 16.9 Å². The lowest BCUT2D eigenvalue weighted by molar-refractivity contribution is -0.139. The lowest BCUT2D eigenvalue weighted by atomic mass is 10.1. The first-order valence-electron chi connectivity index (χ1n) is 10.8. The molecule has 0 radical (unpaired) electrons. The minimum atomic E-state index is -0.350. The Hall–Kier alpha value is -3.81. The maximum atomic E-state index is 13.2. The standard InChI is InChI=1S/C24H23N5O3/c1-15-6-10-18(11-7-15)29-23(16-8-9-16)22(26-27-29)24(32)25-19-5-3-2-4-17(19)14-28-20(30)12-13-21(28)31/h2-7,10-11,16H,8-9,12-14H2,1H3,(H,25,32). The number of hydrogen-bond donors (Lipinski definition) is 1. The number of rotatable bonds is 6. The van der Waals surface area contributed by atoms with Crippen LogP contribution in [0, 0.1) is 6.92 Å². The van der Waals surface area contributed by atoms with E-state index in [9.17, 15) is 14.4 Å². The van der Waals surface area contributed by atoms with Crippen LogP contribution >= 0.6 is 0 Å². The Morgan fingerprint density at radius 1 is 1.03 bits per heavy atom. The molecule has 0 atom stereocenters. The first-order chi connectivity index (χ1) is 15.5. The molecule has 1 saturated heterocycles. The second kappa shape index (κ2) is 8.03. The molecule has 1 aromatic heterocycles. The van der Waals surface area contributed by atoms with Gasteiger partial charge >= 0.3 is 0 Å². The minimum Gasteiger partial charge on any atom is -0.320 e. The molecule has 162 valence electrons. The van der Waals surface area contributed by atoms with Crippen LogP contribution in [0.3, 0.4) is 0 Å². The lowest BCUT2D eigenvalue weighted by Crippen LogP contribution is -2.29. The topological polar surface area (TPSA) is 97.2 Å². The number of amides is 3. The number of para-hydroxylation sites is 1. The van der Waals surface area contributed by atoms with Gasteiger partial charge in [-0.1, -0.05) is 41.1 Å². The van der Waals surface area contributed by atoms with E-state index < -0.39 is 0 Å². The van der Waals surface area contributed by atoms with Gasteiger partial charge in [-0.15, -0.1) is 5.10 Å². The monoisotopic (exact) mass is 429 g/mol. The third-order valence-electron chi connectivity index (χ3n) is 5.91. The van der Waals surface area contributed by atoms with E-state index in [2.05, 4.69) is 15.6 Å². The molecule has 2 heterocycles. The summed E-state index contributed by atoms with van der Waals surface area (Å²) in [4.78, 5) is 38.5.